The first-order valence-corrected chi connectivity index (χ1v) is 8.20. The van der Waals surface area contributed by atoms with E-state index < -0.39 is 0 Å². The molecule has 3 rings (SSSR count). The van der Waals surface area contributed by atoms with Gasteiger partial charge in [0.15, 0.2) is 0 Å². The van der Waals surface area contributed by atoms with E-state index in [0.717, 1.165) is 25.2 Å². The van der Waals surface area contributed by atoms with Crippen LogP contribution in [0, 0.1) is 17.8 Å². The topological polar surface area (TPSA) is 57.0 Å². The highest BCUT2D eigenvalue weighted by molar-refractivity contribution is 5.68. The van der Waals surface area contributed by atoms with Crippen LogP contribution < -0.4 is 0 Å². The van der Waals surface area contributed by atoms with E-state index in [1.165, 1.54) is 17.8 Å². The van der Waals surface area contributed by atoms with Crippen molar-refractivity contribution in [3.05, 3.63) is 11.4 Å². The Morgan fingerprint density at radius 1 is 1.33 bits per heavy atom. The van der Waals surface area contributed by atoms with Gasteiger partial charge in [0.05, 0.1) is 18.0 Å². The highest BCUT2D eigenvalue weighted by Gasteiger charge is 2.50. The Balaban J connectivity index is 1.62. The van der Waals surface area contributed by atoms with Crippen LogP contribution in [0.1, 0.15) is 57.5 Å². The molecule has 3 unspecified atom stereocenters. The molecule has 0 aromatic carbocycles. The molecule has 0 amide bonds. The minimum Gasteiger partial charge on any atom is -0.465 e. The van der Waals surface area contributed by atoms with Crippen LogP contribution in [0.4, 0.5) is 0 Å². The molecule has 0 saturated heterocycles. The summed E-state index contributed by atoms with van der Waals surface area (Å²) in [6.45, 7) is 6.77. The van der Waals surface area contributed by atoms with Gasteiger partial charge in [0.1, 0.15) is 0 Å². The maximum Gasteiger partial charge on any atom is 0.305 e. The van der Waals surface area contributed by atoms with E-state index in [-0.39, 0.29) is 5.97 Å². The standard InChI is InChI=1S/C16H25N3O2/c1-4-16(20)21-9-13-11-5-7-14-15(8-6-12(11)13)19(10(2)3)18-17-14/h10-13H,4-9H2,1-3H3. The molecule has 5 heteroatoms. The van der Waals surface area contributed by atoms with Crippen molar-refractivity contribution in [1.82, 2.24) is 15.0 Å². The van der Waals surface area contributed by atoms with Crippen LogP contribution in [0.2, 0.25) is 0 Å². The lowest BCUT2D eigenvalue weighted by Crippen LogP contribution is -2.10. The summed E-state index contributed by atoms with van der Waals surface area (Å²) in [5.74, 6) is 1.94. The van der Waals surface area contributed by atoms with Crippen molar-refractivity contribution >= 4 is 5.97 Å². The van der Waals surface area contributed by atoms with Gasteiger partial charge < -0.3 is 4.74 Å². The van der Waals surface area contributed by atoms with Crippen molar-refractivity contribution in [1.29, 1.82) is 0 Å². The molecule has 0 bridgehead atoms. The minimum atomic E-state index is -0.0744. The molecule has 0 spiro atoms. The van der Waals surface area contributed by atoms with E-state index in [1.54, 1.807) is 0 Å². The average molecular weight is 291 g/mol. The van der Waals surface area contributed by atoms with Gasteiger partial charge in [-0.1, -0.05) is 12.1 Å². The van der Waals surface area contributed by atoms with Crippen LogP contribution in [0.15, 0.2) is 0 Å². The van der Waals surface area contributed by atoms with E-state index in [1.807, 2.05) is 6.92 Å². The maximum absolute atomic E-state index is 11.3. The lowest BCUT2D eigenvalue weighted by Gasteiger charge is -2.12. The van der Waals surface area contributed by atoms with Gasteiger partial charge in [-0.2, -0.15) is 0 Å². The fourth-order valence-corrected chi connectivity index (χ4v) is 3.74. The quantitative estimate of drug-likeness (QED) is 0.800. The lowest BCUT2D eigenvalue weighted by molar-refractivity contribution is -0.143. The van der Waals surface area contributed by atoms with Gasteiger partial charge in [0.2, 0.25) is 0 Å². The number of nitrogens with zero attached hydrogens (tertiary/aromatic N) is 3. The van der Waals surface area contributed by atoms with Gasteiger partial charge in [-0.3, -0.25) is 4.79 Å². The number of carbonyl (C=O) groups excluding carboxylic acids is 1. The number of esters is 1. The number of aryl methyl sites for hydroxylation is 1. The summed E-state index contributed by atoms with van der Waals surface area (Å²) in [5.41, 5.74) is 2.50. The van der Waals surface area contributed by atoms with Crippen molar-refractivity contribution in [3.63, 3.8) is 0 Å². The number of fused-ring (bicyclic) bond motifs is 2. The molecular weight excluding hydrogens is 266 g/mol. The Hall–Kier alpha value is -1.39. The number of aromatic nitrogens is 3. The molecular formula is C16H25N3O2. The predicted octanol–water partition coefficient (Wildman–Crippen LogP) is 2.55. The minimum absolute atomic E-state index is 0.0744. The Kier molecular flexibility index (Phi) is 4.00. The van der Waals surface area contributed by atoms with Crippen LogP contribution in [0.25, 0.3) is 0 Å². The molecule has 5 nitrogen and oxygen atoms in total. The first-order valence-electron chi connectivity index (χ1n) is 8.20. The van der Waals surface area contributed by atoms with E-state index in [2.05, 4.69) is 28.8 Å². The third kappa shape index (κ3) is 2.83. The zero-order valence-electron chi connectivity index (χ0n) is 13.2. The predicted molar refractivity (Wildman–Crippen MR) is 78.8 cm³/mol. The van der Waals surface area contributed by atoms with E-state index in [9.17, 15) is 4.79 Å². The second kappa shape index (κ2) is 5.78. The van der Waals surface area contributed by atoms with Gasteiger partial charge in [-0.05, 0) is 57.3 Å². The normalized spacial score (nSPS) is 27.5. The monoisotopic (exact) mass is 291 g/mol. The van der Waals surface area contributed by atoms with Gasteiger partial charge in [-0.15, -0.1) is 5.10 Å². The molecule has 0 radical (unpaired) electrons. The summed E-state index contributed by atoms with van der Waals surface area (Å²) < 4.78 is 7.41. The zero-order chi connectivity index (χ0) is 15.0. The summed E-state index contributed by atoms with van der Waals surface area (Å²) in [6, 6.07) is 0.372. The Bertz CT molecular complexity index is 524. The molecule has 0 aliphatic heterocycles. The molecule has 21 heavy (non-hydrogen) atoms. The molecule has 1 aromatic heterocycles. The Morgan fingerprint density at radius 3 is 2.71 bits per heavy atom. The van der Waals surface area contributed by atoms with Crippen LogP contribution in [-0.2, 0) is 22.4 Å². The Morgan fingerprint density at radius 2 is 2.05 bits per heavy atom. The summed E-state index contributed by atoms with van der Waals surface area (Å²) in [5, 5.41) is 8.68. The molecule has 1 aromatic rings. The first-order chi connectivity index (χ1) is 10.1. The summed E-state index contributed by atoms with van der Waals surface area (Å²) in [6.07, 6.45) is 4.87. The molecule has 2 aliphatic carbocycles. The molecule has 1 saturated carbocycles. The largest absolute Gasteiger partial charge is 0.465 e. The van der Waals surface area contributed by atoms with Gasteiger partial charge >= 0.3 is 5.97 Å². The highest BCUT2D eigenvalue weighted by Crippen LogP contribution is 2.53. The third-order valence-corrected chi connectivity index (χ3v) is 5.02. The van der Waals surface area contributed by atoms with Crippen LogP contribution in [-0.4, -0.2) is 27.6 Å². The summed E-state index contributed by atoms with van der Waals surface area (Å²) in [4.78, 5) is 11.3. The van der Waals surface area contributed by atoms with Gasteiger partial charge in [0.25, 0.3) is 0 Å². The number of hydrogen-bond acceptors (Lipinski definition) is 4. The molecule has 1 fully saturated rings. The summed E-state index contributed by atoms with van der Waals surface area (Å²) in [7, 11) is 0. The summed E-state index contributed by atoms with van der Waals surface area (Å²) >= 11 is 0. The van der Waals surface area contributed by atoms with Crippen molar-refractivity contribution in [2.24, 2.45) is 17.8 Å². The van der Waals surface area contributed by atoms with Crippen molar-refractivity contribution in [3.8, 4) is 0 Å². The number of carbonyl (C=O) groups is 1. The highest BCUT2D eigenvalue weighted by atomic mass is 16.5. The second-order valence-corrected chi connectivity index (χ2v) is 6.63. The molecule has 2 aliphatic rings. The first kappa shape index (κ1) is 14.5. The maximum atomic E-state index is 11.3. The fraction of sp³-hybridized carbons (Fsp3) is 0.812. The second-order valence-electron chi connectivity index (χ2n) is 6.63. The number of hydrogen-bond donors (Lipinski definition) is 0. The van der Waals surface area contributed by atoms with Crippen molar-refractivity contribution < 1.29 is 9.53 Å². The Labute approximate surface area is 126 Å². The van der Waals surface area contributed by atoms with E-state index in [4.69, 9.17) is 4.74 Å². The third-order valence-electron chi connectivity index (χ3n) is 5.02. The fourth-order valence-electron chi connectivity index (χ4n) is 3.74. The number of ether oxygens (including phenoxy) is 1. The SMILES string of the molecule is CCC(=O)OCC1C2CCc3nnn(C(C)C)c3CCC21. The van der Waals surface area contributed by atoms with Gasteiger partial charge in [-0.25, -0.2) is 4.68 Å². The van der Waals surface area contributed by atoms with Crippen molar-refractivity contribution in [2.45, 2.75) is 58.9 Å². The van der Waals surface area contributed by atoms with Gasteiger partial charge in [0, 0.05) is 12.5 Å². The van der Waals surface area contributed by atoms with Crippen LogP contribution >= 0.6 is 0 Å². The lowest BCUT2D eigenvalue weighted by atomic mass is 10.0. The molecule has 1 heterocycles. The van der Waals surface area contributed by atoms with Crippen LogP contribution in [0.3, 0.4) is 0 Å². The molecule has 116 valence electrons. The average Bonchev–Trinajstić information content (AvgIpc) is 2.93. The van der Waals surface area contributed by atoms with Crippen LogP contribution in [0.5, 0.6) is 0 Å². The smallest absolute Gasteiger partial charge is 0.305 e. The molecule has 0 N–H and O–H groups in total. The van der Waals surface area contributed by atoms with E-state index in [0.29, 0.717) is 30.9 Å². The van der Waals surface area contributed by atoms with Crippen molar-refractivity contribution in [2.75, 3.05) is 6.61 Å². The zero-order valence-corrected chi connectivity index (χ0v) is 13.2. The molecule has 3 atom stereocenters. The number of rotatable bonds is 4. The van der Waals surface area contributed by atoms with E-state index >= 15 is 0 Å².